The number of amides is 1. The summed E-state index contributed by atoms with van der Waals surface area (Å²) in [7, 11) is 0. The Hall–Kier alpha value is -3.89. The second-order valence-electron chi connectivity index (χ2n) is 5.74. The van der Waals surface area contributed by atoms with Gasteiger partial charge in [-0.2, -0.15) is 18.3 Å². The third-order valence-corrected chi connectivity index (χ3v) is 3.77. The highest BCUT2D eigenvalue weighted by atomic mass is 19.4. The molecular weight excluding hydrogens is 393 g/mol. The highest BCUT2D eigenvalue weighted by Crippen LogP contribution is 2.34. The molecular formula is C18H13F3N4O4. The van der Waals surface area contributed by atoms with Crippen LogP contribution < -0.4 is 10.1 Å². The molecule has 0 aliphatic rings. The molecule has 3 aromatic rings. The zero-order chi connectivity index (χ0) is 21.0. The van der Waals surface area contributed by atoms with E-state index in [4.69, 9.17) is 4.74 Å². The monoisotopic (exact) mass is 406 g/mol. The van der Waals surface area contributed by atoms with Gasteiger partial charge in [-0.1, -0.05) is 24.3 Å². The first kappa shape index (κ1) is 19.9. The van der Waals surface area contributed by atoms with Crippen molar-refractivity contribution in [1.82, 2.24) is 9.78 Å². The van der Waals surface area contributed by atoms with E-state index in [9.17, 15) is 28.1 Å². The van der Waals surface area contributed by atoms with Crippen LogP contribution in [-0.4, -0.2) is 20.6 Å². The standard InChI is InChI=1S/C18H13F3N4O4/c19-18(20,21)12-5-1-2-6-13(12)22-17(26)14-9-10-24(23-14)11-29-16-8-4-3-7-15(16)25(27)28/h1-10H,11H2,(H,22,26). The molecule has 0 radical (unpaired) electrons. The van der Waals surface area contributed by atoms with Crippen molar-refractivity contribution < 1.29 is 27.6 Å². The lowest BCUT2D eigenvalue weighted by molar-refractivity contribution is -0.386. The van der Waals surface area contributed by atoms with Crippen LogP contribution >= 0.6 is 0 Å². The van der Waals surface area contributed by atoms with Gasteiger partial charge in [-0.15, -0.1) is 0 Å². The number of nitrogens with one attached hydrogen (secondary N) is 1. The maximum absolute atomic E-state index is 13.0. The molecule has 0 spiro atoms. The first-order valence-electron chi connectivity index (χ1n) is 8.13. The molecule has 8 nitrogen and oxygen atoms in total. The molecule has 0 saturated carbocycles. The summed E-state index contributed by atoms with van der Waals surface area (Å²) in [6, 6.07) is 11.6. The fraction of sp³-hybridized carbons (Fsp3) is 0.111. The van der Waals surface area contributed by atoms with E-state index in [0.717, 1.165) is 12.1 Å². The maximum Gasteiger partial charge on any atom is 0.418 e. The van der Waals surface area contributed by atoms with E-state index in [1.54, 1.807) is 6.07 Å². The van der Waals surface area contributed by atoms with E-state index in [1.807, 2.05) is 0 Å². The lowest BCUT2D eigenvalue weighted by atomic mass is 10.1. The predicted molar refractivity (Wildman–Crippen MR) is 95.3 cm³/mol. The Bertz CT molecular complexity index is 1050. The van der Waals surface area contributed by atoms with Gasteiger partial charge in [0.2, 0.25) is 0 Å². The van der Waals surface area contributed by atoms with Crippen molar-refractivity contribution in [2.45, 2.75) is 12.9 Å². The summed E-state index contributed by atoms with van der Waals surface area (Å²) in [6.07, 6.45) is -3.26. The van der Waals surface area contributed by atoms with Crippen LogP contribution in [0.5, 0.6) is 5.75 Å². The summed E-state index contributed by atoms with van der Waals surface area (Å²) in [5.74, 6) is -0.829. The highest BCUT2D eigenvalue weighted by molar-refractivity contribution is 6.03. The van der Waals surface area contributed by atoms with Crippen molar-refractivity contribution in [3.05, 3.63) is 82.2 Å². The minimum Gasteiger partial charge on any atom is -0.464 e. The minimum absolute atomic E-state index is 0.0121. The molecule has 0 unspecified atom stereocenters. The Morgan fingerprint density at radius 3 is 2.55 bits per heavy atom. The number of carbonyl (C=O) groups is 1. The van der Waals surface area contributed by atoms with Gasteiger partial charge in [-0.3, -0.25) is 14.9 Å². The summed E-state index contributed by atoms with van der Waals surface area (Å²) >= 11 is 0. The highest BCUT2D eigenvalue weighted by Gasteiger charge is 2.33. The molecule has 0 aliphatic carbocycles. The third kappa shape index (κ3) is 4.69. The molecule has 29 heavy (non-hydrogen) atoms. The van der Waals surface area contributed by atoms with Crippen LogP contribution in [0, 0.1) is 10.1 Å². The first-order valence-corrected chi connectivity index (χ1v) is 8.13. The molecule has 1 N–H and O–H groups in total. The number of alkyl halides is 3. The van der Waals surface area contributed by atoms with Crippen molar-refractivity contribution in [2.75, 3.05) is 5.32 Å². The van der Waals surface area contributed by atoms with Gasteiger partial charge in [-0.05, 0) is 24.3 Å². The van der Waals surface area contributed by atoms with Gasteiger partial charge >= 0.3 is 11.9 Å². The number of para-hydroxylation sites is 3. The third-order valence-electron chi connectivity index (χ3n) is 3.77. The second kappa shape index (κ2) is 8.00. The van der Waals surface area contributed by atoms with Crippen molar-refractivity contribution in [3.8, 4) is 5.75 Å². The number of halogens is 3. The van der Waals surface area contributed by atoms with Crippen molar-refractivity contribution in [3.63, 3.8) is 0 Å². The lowest BCUT2D eigenvalue weighted by Crippen LogP contribution is -2.17. The fourth-order valence-corrected chi connectivity index (χ4v) is 2.45. The van der Waals surface area contributed by atoms with Gasteiger partial charge < -0.3 is 10.1 Å². The Labute approximate surface area is 161 Å². The Morgan fingerprint density at radius 1 is 1.14 bits per heavy atom. The summed E-state index contributed by atoms with van der Waals surface area (Å²) in [4.78, 5) is 22.6. The summed E-state index contributed by atoms with van der Waals surface area (Å²) in [5.41, 5.74) is -1.75. The molecule has 0 aliphatic heterocycles. The van der Waals surface area contributed by atoms with Crippen LogP contribution in [0.25, 0.3) is 0 Å². The number of nitrogens with zero attached hydrogens (tertiary/aromatic N) is 3. The Morgan fingerprint density at radius 2 is 1.83 bits per heavy atom. The van der Waals surface area contributed by atoms with Crippen LogP contribution in [-0.2, 0) is 12.9 Å². The molecule has 0 saturated heterocycles. The maximum atomic E-state index is 13.0. The number of aromatic nitrogens is 2. The number of ether oxygens (including phenoxy) is 1. The minimum atomic E-state index is -4.62. The van der Waals surface area contributed by atoms with Crippen LogP contribution in [0.3, 0.4) is 0 Å². The second-order valence-corrected chi connectivity index (χ2v) is 5.74. The van der Waals surface area contributed by atoms with Crippen LogP contribution in [0.1, 0.15) is 16.1 Å². The van der Waals surface area contributed by atoms with Crippen molar-refractivity contribution >= 4 is 17.3 Å². The van der Waals surface area contributed by atoms with Gasteiger partial charge in [0.05, 0.1) is 16.2 Å². The number of anilines is 1. The van der Waals surface area contributed by atoms with Crippen molar-refractivity contribution in [2.24, 2.45) is 0 Å². The average Bonchev–Trinajstić information content (AvgIpc) is 3.15. The Balaban J connectivity index is 1.70. The molecule has 1 heterocycles. The molecule has 0 atom stereocenters. The smallest absolute Gasteiger partial charge is 0.418 e. The number of carbonyl (C=O) groups excluding carboxylic acids is 1. The SMILES string of the molecule is O=C(Nc1ccccc1C(F)(F)F)c1ccn(COc2ccccc2[N+](=O)[O-])n1. The van der Waals surface area contributed by atoms with E-state index >= 15 is 0 Å². The number of benzene rings is 2. The average molecular weight is 406 g/mol. The molecule has 11 heteroatoms. The summed E-state index contributed by atoms with van der Waals surface area (Å²) < 4.78 is 45.6. The van der Waals surface area contributed by atoms with E-state index in [-0.39, 0.29) is 23.9 Å². The number of hydrogen-bond acceptors (Lipinski definition) is 5. The molecule has 0 fully saturated rings. The van der Waals surface area contributed by atoms with Crippen LogP contribution in [0.15, 0.2) is 60.8 Å². The molecule has 0 bridgehead atoms. The number of hydrogen-bond donors (Lipinski definition) is 1. The fourth-order valence-electron chi connectivity index (χ4n) is 2.45. The number of nitro benzene ring substituents is 1. The molecule has 1 amide bonds. The van der Waals surface area contributed by atoms with Gasteiger partial charge in [0.25, 0.3) is 5.91 Å². The predicted octanol–water partition coefficient (Wildman–Crippen LogP) is 4.10. The van der Waals surface area contributed by atoms with Gasteiger partial charge in [0.15, 0.2) is 18.2 Å². The molecule has 2 aromatic carbocycles. The lowest BCUT2D eigenvalue weighted by Gasteiger charge is -2.12. The van der Waals surface area contributed by atoms with E-state index in [2.05, 4.69) is 10.4 Å². The molecule has 1 aromatic heterocycles. The van der Waals surface area contributed by atoms with E-state index < -0.39 is 28.3 Å². The van der Waals surface area contributed by atoms with Crippen LogP contribution in [0.4, 0.5) is 24.5 Å². The van der Waals surface area contributed by atoms with E-state index in [1.165, 1.54) is 47.3 Å². The zero-order valence-electron chi connectivity index (χ0n) is 14.6. The first-order chi connectivity index (χ1) is 13.8. The quantitative estimate of drug-likeness (QED) is 0.491. The Kier molecular flexibility index (Phi) is 5.48. The van der Waals surface area contributed by atoms with Crippen LogP contribution in [0.2, 0.25) is 0 Å². The zero-order valence-corrected chi connectivity index (χ0v) is 14.6. The number of rotatable bonds is 6. The van der Waals surface area contributed by atoms with Gasteiger partial charge in [-0.25, -0.2) is 4.68 Å². The summed E-state index contributed by atoms with van der Waals surface area (Å²) in [5, 5.41) is 17.1. The van der Waals surface area contributed by atoms with E-state index in [0.29, 0.717) is 0 Å². The molecule has 150 valence electrons. The summed E-state index contributed by atoms with van der Waals surface area (Å²) in [6.45, 7) is -0.239. The normalized spacial score (nSPS) is 11.1. The van der Waals surface area contributed by atoms with Crippen molar-refractivity contribution in [1.29, 1.82) is 0 Å². The van der Waals surface area contributed by atoms with Gasteiger partial charge in [0.1, 0.15) is 0 Å². The topological polar surface area (TPSA) is 99.3 Å². The largest absolute Gasteiger partial charge is 0.464 e. The molecule has 3 rings (SSSR count). The number of nitro groups is 1. The van der Waals surface area contributed by atoms with Gasteiger partial charge in [0, 0.05) is 12.3 Å².